The molecule has 1 atom stereocenters. The maximum Gasteiger partial charge on any atom is 0.306 e. The number of aliphatic carboxylic acids is 1. The smallest absolute Gasteiger partial charge is 0.306 e. The van der Waals surface area contributed by atoms with Gasteiger partial charge in [0.2, 0.25) is 0 Å². The van der Waals surface area contributed by atoms with E-state index in [-0.39, 0.29) is 36.9 Å². The van der Waals surface area contributed by atoms with Crippen LogP contribution >= 0.6 is 23.2 Å². The number of fused-ring (bicyclic) bond motifs is 1. The molecule has 0 aliphatic heterocycles. The van der Waals surface area contributed by atoms with E-state index in [2.05, 4.69) is 11.0 Å². The van der Waals surface area contributed by atoms with Gasteiger partial charge in [-0.2, -0.15) is 0 Å². The molecule has 5 rings (SSSR count). The van der Waals surface area contributed by atoms with Gasteiger partial charge in [0.05, 0.1) is 29.6 Å². The first-order valence-corrected chi connectivity index (χ1v) is 14.8. The number of halogens is 2. The maximum absolute atomic E-state index is 11.5. The molecule has 1 aromatic heterocycles. The van der Waals surface area contributed by atoms with Crippen LogP contribution in [0.3, 0.4) is 0 Å². The van der Waals surface area contributed by atoms with Gasteiger partial charge in [0.25, 0.3) is 0 Å². The van der Waals surface area contributed by atoms with Crippen molar-refractivity contribution >= 4 is 29.2 Å². The number of carboxylic acid groups (broad SMARTS) is 1. The van der Waals surface area contributed by atoms with Crippen LogP contribution in [0, 0.1) is 11.8 Å². The molecule has 2 aliphatic carbocycles. The summed E-state index contributed by atoms with van der Waals surface area (Å²) in [5.41, 5.74) is 3.40. The zero-order chi connectivity index (χ0) is 29.1. The molecule has 220 valence electrons. The van der Waals surface area contributed by atoms with Gasteiger partial charge in [-0.1, -0.05) is 35.3 Å². The van der Waals surface area contributed by atoms with Crippen molar-refractivity contribution in [2.75, 3.05) is 20.3 Å². The average Bonchev–Trinajstić information content (AvgIpc) is 3.54. The summed E-state index contributed by atoms with van der Waals surface area (Å²) in [5, 5.41) is 30.4. The van der Waals surface area contributed by atoms with Crippen LogP contribution in [0.5, 0.6) is 23.3 Å². The number of nitrogens with zero attached hydrogens (tertiary/aromatic N) is 2. The van der Waals surface area contributed by atoms with Crippen LogP contribution in [-0.2, 0) is 24.3 Å². The number of aromatic hydroxyl groups is 2. The van der Waals surface area contributed by atoms with E-state index in [1.807, 2.05) is 24.3 Å². The van der Waals surface area contributed by atoms with Gasteiger partial charge in [0.1, 0.15) is 6.61 Å². The Kier molecular flexibility index (Phi) is 9.22. The second-order valence-electron chi connectivity index (χ2n) is 11.0. The van der Waals surface area contributed by atoms with Gasteiger partial charge in [0, 0.05) is 31.3 Å². The Labute approximate surface area is 250 Å². The van der Waals surface area contributed by atoms with Crippen molar-refractivity contribution in [1.29, 1.82) is 0 Å². The number of ether oxygens (including phenoxy) is 2. The standard InChI is InChI=1S/C31H36Cl2N2O6/c1-40-27-16-20(4-11-26(27)41-15-14-35-28(36)12-13-29(35)37)18-34(17-19-2-5-21(6-3-19)31(38)39)25-10-8-23-22(25)7-9-24(32)30(23)33/h4,7,9,11-13,16,19,21,25,36-37H,2-3,5-6,8,10,14-15,17-18H2,1H3,(H,38,39)/t19?,21?,25-/m0/s1. The summed E-state index contributed by atoms with van der Waals surface area (Å²) < 4.78 is 13.0. The molecule has 0 saturated heterocycles. The number of carboxylic acids is 1. The molecule has 1 heterocycles. The van der Waals surface area contributed by atoms with Crippen molar-refractivity contribution in [3.63, 3.8) is 0 Å². The summed E-state index contributed by atoms with van der Waals surface area (Å²) in [4.78, 5) is 14.0. The van der Waals surface area contributed by atoms with Gasteiger partial charge in [-0.3, -0.25) is 14.3 Å². The van der Waals surface area contributed by atoms with E-state index >= 15 is 0 Å². The molecular weight excluding hydrogens is 567 g/mol. The van der Waals surface area contributed by atoms with Crippen molar-refractivity contribution in [1.82, 2.24) is 9.47 Å². The lowest BCUT2D eigenvalue weighted by Gasteiger charge is -2.35. The number of benzene rings is 2. The third kappa shape index (κ3) is 6.55. The lowest BCUT2D eigenvalue weighted by Crippen LogP contribution is -2.34. The largest absolute Gasteiger partial charge is 0.494 e. The van der Waals surface area contributed by atoms with Gasteiger partial charge in [-0.15, -0.1) is 0 Å². The van der Waals surface area contributed by atoms with Crippen LogP contribution in [0.25, 0.3) is 0 Å². The predicted molar refractivity (Wildman–Crippen MR) is 157 cm³/mol. The van der Waals surface area contributed by atoms with Crippen molar-refractivity contribution in [2.24, 2.45) is 11.8 Å². The lowest BCUT2D eigenvalue weighted by atomic mass is 9.81. The minimum absolute atomic E-state index is 0.0259. The number of carbonyl (C=O) groups is 1. The Hall–Kier alpha value is -3.07. The van der Waals surface area contributed by atoms with Gasteiger partial charge in [-0.05, 0) is 79.3 Å². The third-order valence-electron chi connectivity index (χ3n) is 8.51. The quantitative estimate of drug-likeness (QED) is 0.225. The molecule has 0 bridgehead atoms. The molecule has 3 N–H and O–H groups in total. The Morgan fingerprint density at radius 1 is 1.00 bits per heavy atom. The fourth-order valence-electron chi connectivity index (χ4n) is 6.30. The number of hydrogen-bond donors (Lipinski definition) is 3. The second kappa shape index (κ2) is 12.8. The van der Waals surface area contributed by atoms with Crippen molar-refractivity contribution in [3.8, 4) is 23.3 Å². The molecular formula is C31H36Cl2N2O6. The summed E-state index contributed by atoms with van der Waals surface area (Å²) in [7, 11) is 1.60. The van der Waals surface area contributed by atoms with Crippen LogP contribution in [0.4, 0.5) is 0 Å². The average molecular weight is 604 g/mol. The highest BCUT2D eigenvalue weighted by molar-refractivity contribution is 6.42. The molecule has 0 radical (unpaired) electrons. The van der Waals surface area contributed by atoms with Crippen molar-refractivity contribution in [3.05, 3.63) is 69.2 Å². The van der Waals surface area contributed by atoms with Crippen LogP contribution in [0.15, 0.2) is 42.5 Å². The summed E-state index contributed by atoms with van der Waals surface area (Å²) in [5.74, 6) is 0.621. The molecule has 2 aliphatic rings. The van der Waals surface area contributed by atoms with Gasteiger partial charge in [0.15, 0.2) is 23.3 Å². The molecule has 1 saturated carbocycles. The highest BCUT2D eigenvalue weighted by Gasteiger charge is 2.33. The minimum atomic E-state index is -0.687. The van der Waals surface area contributed by atoms with E-state index in [0.29, 0.717) is 34.0 Å². The van der Waals surface area contributed by atoms with E-state index in [1.165, 1.54) is 22.3 Å². The number of methoxy groups -OCH3 is 1. The number of rotatable bonds is 11. The van der Waals surface area contributed by atoms with E-state index in [0.717, 1.165) is 56.2 Å². The Morgan fingerprint density at radius 3 is 2.41 bits per heavy atom. The zero-order valence-corrected chi connectivity index (χ0v) is 24.6. The molecule has 2 aromatic carbocycles. The van der Waals surface area contributed by atoms with E-state index in [9.17, 15) is 20.1 Å². The molecule has 10 heteroatoms. The van der Waals surface area contributed by atoms with Gasteiger partial charge >= 0.3 is 5.97 Å². The van der Waals surface area contributed by atoms with Gasteiger partial charge < -0.3 is 24.8 Å². The van der Waals surface area contributed by atoms with Gasteiger partial charge in [-0.25, -0.2) is 0 Å². The summed E-state index contributed by atoms with van der Waals surface area (Å²) >= 11 is 12.9. The first-order chi connectivity index (χ1) is 19.7. The fourth-order valence-corrected chi connectivity index (χ4v) is 6.75. The predicted octanol–water partition coefficient (Wildman–Crippen LogP) is 6.67. The normalized spacial score (nSPS) is 20.2. The molecule has 8 nitrogen and oxygen atoms in total. The Morgan fingerprint density at radius 2 is 1.73 bits per heavy atom. The van der Waals surface area contributed by atoms with E-state index in [1.54, 1.807) is 7.11 Å². The first-order valence-electron chi connectivity index (χ1n) is 14.1. The van der Waals surface area contributed by atoms with Crippen molar-refractivity contribution in [2.45, 2.75) is 57.7 Å². The minimum Gasteiger partial charge on any atom is -0.494 e. The summed E-state index contributed by atoms with van der Waals surface area (Å²) in [6.45, 7) is 2.06. The maximum atomic E-state index is 11.5. The van der Waals surface area contributed by atoms with Crippen LogP contribution in [0.1, 0.15) is 54.8 Å². The fraction of sp³-hybridized carbons (Fsp3) is 0.452. The summed E-state index contributed by atoms with van der Waals surface area (Å²) in [6, 6.07) is 12.9. The number of hydrogen-bond acceptors (Lipinski definition) is 6. The third-order valence-corrected chi connectivity index (χ3v) is 9.35. The molecule has 3 aromatic rings. The Bertz CT molecular complexity index is 1370. The molecule has 0 amide bonds. The highest BCUT2D eigenvalue weighted by atomic mass is 35.5. The topological polar surface area (TPSA) is 104 Å². The Balaban J connectivity index is 1.33. The first kappa shape index (κ1) is 29.4. The van der Waals surface area contributed by atoms with Crippen molar-refractivity contribution < 1.29 is 29.6 Å². The zero-order valence-electron chi connectivity index (χ0n) is 23.1. The lowest BCUT2D eigenvalue weighted by molar-refractivity contribution is -0.143. The van der Waals surface area contributed by atoms with Crippen LogP contribution in [-0.4, -0.2) is 51.0 Å². The highest BCUT2D eigenvalue weighted by Crippen LogP contribution is 2.43. The van der Waals surface area contributed by atoms with E-state index < -0.39 is 5.97 Å². The molecule has 1 fully saturated rings. The monoisotopic (exact) mass is 602 g/mol. The van der Waals surface area contributed by atoms with E-state index in [4.69, 9.17) is 32.7 Å². The molecule has 0 spiro atoms. The number of aromatic nitrogens is 1. The van der Waals surface area contributed by atoms with Crippen LogP contribution in [0.2, 0.25) is 10.0 Å². The summed E-state index contributed by atoms with van der Waals surface area (Å²) in [6.07, 6.45) is 5.04. The molecule has 41 heavy (non-hydrogen) atoms. The molecule has 0 unspecified atom stereocenters. The van der Waals surface area contributed by atoms with Crippen LogP contribution < -0.4 is 9.47 Å². The SMILES string of the molecule is COc1cc(CN(CC2CCC(C(=O)O)CC2)[C@H]2CCc3c2ccc(Cl)c3Cl)ccc1OCCn1c(O)ccc1O. The second-order valence-corrected chi connectivity index (χ2v) is 11.8.